The first kappa shape index (κ1) is 45.7. The number of carbonyl (C=O) groups excluding carboxylic acids is 4. The second-order valence-corrected chi connectivity index (χ2v) is 16.2. The highest BCUT2D eigenvalue weighted by atomic mass is 35.5. The van der Waals surface area contributed by atoms with E-state index >= 15 is 8.78 Å². The van der Waals surface area contributed by atoms with Gasteiger partial charge in [0, 0.05) is 81.4 Å². The molecule has 324 valence electrons. The maximum absolute atomic E-state index is 15.6. The van der Waals surface area contributed by atoms with Gasteiger partial charge >= 0.3 is 6.09 Å². The highest BCUT2D eigenvalue weighted by molar-refractivity contribution is 6.34. The number of hydrogen-bond donors (Lipinski definition) is 3. The summed E-state index contributed by atoms with van der Waals surface area (Å²) in [4.78, 5) is 59.0. The molecule has 1 aliphatic heterocycles. The number of benzene rings is 2. The zero-order chi connectivity index (χ0) is 43.7. The number of rotatable bonds is 16. The Morgan fingerprint density at radius 3 is 2.32 bits per heavy atom. The number of nitrogens with one attached hydrogen (secondary N) is 3. The molecule has 1 unspecified atom stereocenters. The molecule has 4 aromatic rings. The van der Waals surface area contributed by atoms with Crippen LogP contribution in [-0.4, -0.2) is 118 Å². The van der Waals surface area contributed by atoms with E-state index in [1.165, 1.54) is 48.3 Å². The van der Waals surface area contributed by atoms with E-state index in [1.54, 1.807) is 34.6 Å². The van der Waals surface area contributed by atoms with Crippen molar-refractivity contribution >= 4 is 41.1 Å². The van der Waals surface area contributed by atoms with Crippen LogP contribution in [-0.2, 0) is 27.9 Å². The molecule has 4 amide bonds. The molecule has 15 nitrogen and oxygen atoms in total. The fourth-order valence-electron chi connectivity index (χ4n) is 6.74. The van der Waals surface area contributed by atoms with E-state index < -0.39 is 29.2 Å². The third-order valence-corrected chi connectivity index (χ3v) is 10.4. The molecule has 3 N–H and O–H groups in total. The zero-order valence-corrected chi connectivity index (χ0v) is 35.9. The molecule has 1 aliphatic rings. The largest absolute Gasteiger partial charge is 0.444 e. The minimum Gasteiger partial charge on any atom is -0.444 e. The Morgan fingerprint density at radius 1 is 0.950 bits per heavy atom. The number of carbonyl (C=O) groups is 4. The number of amides is 4. The van der Waals surface area contributed by atoms with Crippen LogP contribution >= 0.6 is 11.6 Å². The molecular formula is C42H54ClF2N9O6. The normalized spacial score (nSPS) is 13.6. The molecule has 0 spiro atoms. The second kappa shape index (κ2) is 20.2. The standard InChI is InChI=1S/C42H54ClF2N9O6/c1-26(23-48-41(58)60-42(3,4)5)22-46-14-8-9-35(55)52-15-17-53(18-16-52)40(57)30-11-10-28(21-33(30)43)50-39(56)38-47-25-34(51(38)6)31-13-12-29(36(44)37(31)45)32-24-49-54(27(32)2)19-20-59-7/h10-13,21,24-26,46H,8-9,14-20,22-23H2,1-7H3,(H,48,58)(H,50,56). The van der Waals surface area contributed by atoms with Crippen LogP contribution in [0.25, 0.3) is 22.4 Å². The molecule has 2 aromatic heterocycles. The molecule has 60 heavy (non-hydrogen) atoms. The van der Waals surface area contributed by atoms with Crippen molar-refractivity contribution in [3.63, 3.8) is 0 Å². The van der Waals surface area contributed by atoms with Crippen molar-refractivity contribution in [1.29, 1.82) is 0 Å². The lowest BCUT2D eigenvalue weighted by Gasteiger charge is -2.35. The van der Waals surface area contributed by atoms with Crippen LogP contribution in [0, 0.1) is 24.5 Å². The number of anilines is 1. The highest BCUT2D eigenvalue weighted by Crippen LogP contribution is 2.33. The Kier molecular flexibility index (Phi) is 15.4. The smallest absolute Gasteiger partial charge is 0.407 e. The summed E-state index contributed by atoms with van der Waals surface area (Å²) in [6.45, 7) is 13.4. The van der Waals surface area contributed by atoms with E-state index in [9.17, 15) is 19.2 Å². The van der Waals surface area contributed by atoms with E-state index in [1.807, 2.05) is 27.7 Å². The number of piperazine rings is 1. The summed E-state index contributed by atoms with van der Waals surface area (Å²) >= 11 is 6.54. The van der Waals surface area contributed by atoms with E-state index in [0.717, 1.165) is 0 Å². The van der Waals surface area contributed by atoms with E-state index in [-0.39, 0.29) is 51.0 Å². The maximum atomic E-state index is 15.6. The molecule has 0 bridgehead atoms. The van der Waals surface area contributed by atoms with Gasteiger partial charge in [-0.2, -0.15) is 5.10 Å². The third-order valence-electron chi connectivity index (χ3n) is 10.1. The van der Waals surface area contributed by atoms with Gasteiger partial charge in [0.05, 0.1) is 41.8 Å². The zero-order valence-electron chi connectivity index (χ0n) is 35.2. The van der Waals surface area contributed by atoms with Gasteiger partial charge in [0.1, 0.15) is 5.60 Å². The Labute approximate surface area is 353 Å². The third kappa shape index (κ3) is 11.5. The van der Waals surface area contributed by atoms with Crippen LogP contribution < -0.4 is 16.0 Å². The van der Waals surface area contributed by atoms with E-state index in [2.05, 4.69) is 26.0 Å². The van der Waals surface area contributed by atoms with Gasteiger partial charge < -0.3 is 39.8 Å². The lowest BCUT2D eigenvalue weighted by molar-refractivity contribution is -0.132. The van der Waals surface area contributed by atoms with Gasteiger partial charge in [-0.3, -0.25) is 19.1 Å². The van der Waals surface area contributed by atoms with Gasteiger partial charge in [-0.1, -0.05) is 24.6 Å². The van der Waals surface area contributed by atoms with Crippen molar-refractivity contribution in [2.45, 2.75) is 59.6 Å². The van der Waals surface area contributed by atoms with Gasteiger partial charge in [-0.25, -0.2) is 18.6 Å². The van der Waals surface area contributed by atoms with Crippen molar-refractivity contribution in [3.05, 3.63) is 76.5 Å². The molecule has 0 aliphatic carbocycles. The Balaban J connectivity index is 1.09. The van der Waals surface area contributed by atoms with Crippen LogP contribution in [0.4, 0.5) is 19.3 Å². The number of alkyl carbamates (subject to hydrolysis) is 1. The number of methoxy groups -OCH3 is 1. The quantitative estimate of drug-likeness (QED) is 0.116. The number of imidazole rings is 1. The molecule has 18 heteroatoms. The van der Waals surface area contributed by atoms with Crippen LogP contribution in [0.2, 0.25) is 5.02 Å². The fraction of sp³-hybridized carbons (Fsp3) is 0.476. The van der Waals surface area contributed by atoms with E-state index in [0.29, 0.717) is 88.8 Å². The predicted octanol–water partition coefficient (Wildman–Crippen LogP) is 5.90. The van der Waals surface area contributed by atoms with Gasteiger partial charge in [0.15, 0.2) is 17.5 Å². The molecule has 3 heterocycles. The van der Waals surface area contributed by atoms with Crippen molar-refractivity contribution in [2.24, 2.45) is 13.0 Å². The number of aromatic nitrogens is 4. The second-order valence-electron chi connectivity index (χ2n) is 15.8. The lowest BCUT2D eigenvalue weighted by atomic mass is 10.0. The number of ether oxygens (including phenoxy) is 2. The Hall–Kier alpha value is -5.39. The van der Waals surface area contributed by atoms with Crippen LogP contribution in [0.15, 0.2) is 42.7 Å². The van der Waals surface area contributed by atoms with Gasteiger partial charge in [-0.15, -0.1) is 0 Å². The van der Waals surface area contributed by atoms with Gasteiger partial charge in [0.2, 0.25) is 5.91 Å². The molecule has 1 fully saturated rings. The van der Waals surface area contributed by atoms with Crippen molar-refractivity contribution in [3.8, 4) is 22.4 Å². The minimum absolute atomic E-state index is 0.0187. The van der Waals surface area contributed by atoms with E-state index in [4.69, 9.17) is 21.1 Å². The summed E-state index contributed by atoms with van der Waals surface area (Å²) in [6, 6.07) is 7.42. The average Bonchev–Trinajstić information content (AvgIpc) is 3.77. The molecule has 1 atom stereocenters. The monoisotopic (exact) mass is 853 g/mol. The highest BCUT2D eigenvalue weighted by Gasteiger charge is 2.27. The first-order chi connectivity index (χ1) is 28.5. The Morgan fingerprint density at radius 2 is 1.63 bits per heavy atom. The lowest BCUT2D eigenvalue weighted by Crippen LogP contribution is -2.50. The summed E-state index contributed by atoms with van der Waals surface area (Å²) in [6.07, 6.45) is 3.35. The first-order valence-electron chi connectivity index (χ1n) is 19.9. The van der Waals surface area contributed by atoms with Crippen molar-refractivity contribution in [1.82, 2.24) is 39.8 Å². The maximum Gasteiger partial charge on any atom is 0.407 e. The fourth-order valence-corrected chi connectivity index (χ4v) is 7.00. The number of halogens is 3. The van der Waals surface area contributed by atoms with Crippen LogP contribution in [0.5, 0.6) is 0 Å². The summed E-state index contributed by atoms with van der Waals surface area (Å²) in [5, 5.41) is 13.2. The molecule has 0 radical (unpaired) electrons. The molecular weight excluding hydrogens is 800 g/mol. The molecule has 1 saturated heterocycles. The Bertz CT molecular complexity index is 2180. The van der Waals surface area contributed by atoms with Crippen LogP contribution in [0.3, 0.4) is 0 Å². The van der Waals surface area contributed by atoms with Crippen molar-refractivity contribution in [2.75, 3.05) is 64.8 Å². The number of hydrogen-bond acceptors (Lipinski definition) is 9. The molecule has 5 rings (SSSR count). The summed E-state index contributed by atoms with van der Waals surface area (Å²) in [7, 11) is 3.09. The summed E-state index contributed by atoms with van der Waals surface area (Å²) < 4.78 is 44.4. The van der Waals surface area contributed by atoms with Gasteiger partial charge in [0.25, 0.3) is 11.8 Å². The first-order valence-corrected chi connectivity index (χ1v) is 20.2. The minimum atomic E-state index is -1.09. The van der Waals surface area contributed by atoms with Crippen molar-refractivity contribution < 1.29 is 37.4 Å². The topological polar surface area (TPSA) is 165 Å². The predicted molar refractivity (Wildman–Crippen MR) is 224 cm³/mol. The molecule has 0 saturated carbocycles. The average molecular weight is 854 g/mol. The molecule has 2 aromatic carbocycles. The summed E-state index contributed by atoms with van der Waals surface area (Å²) in [5.41, 5.74) is 1.26. The van der Waals surface area contributed by atoms with Crippen LogP contribution in [0.1, 0.15) is 67.2 Å². The summed E-state index contributed by atoms with van der Waals surface area (Å²) in [5.74, 6) is -2.94. The SMILES string of the molecule is COCCn1ncc(-c2ccc(-c3cnc(C(=O)Nc4ccc(C(=O)N5CCN(C(=O)CCCNCC(C)CNC(=O)OC(C)(C)C)CC5)c(Cl)c4)n3C)c(F)c2F)c1C. The number of nitrogens with zero attached hydrogens (tertiary/aromatic N) is 6. The van der Waals surface area contributed by atoms with Gasteiger partial charge in [-0.05, 0) is 77.4 Å².